The van der Waals surface area contributed by atoms with Gasteiger partial charge < -0.3 is 24.8 Å². The topological polar surface area (TPSA) is 68.8 Å². The van der Waals surface area contributed by atoms with Crippen molar-refractivity contribution in [2.75, 3.05) is 31.4 Å². The van der Waals surface area contributed by atoms with Gasteiger partial charge in [-0.2, -0.15) is 0 Å². The fourth-order valence-electron chi connectivity index (χ4n) is 2.79. The molecule has 2 N–H and O–H groups in total. The summed E-state index contributed by atoms with van der Waals surface area (Å²) in [6, 6.07) is 3.46. The molecule has 2 atom stereocenters. The second-order valence-corrected chi connectivity index (χ2v) is 6.48. The van der Waals surface area contributed by atoms with Gasteiger partial charge in [-0.1, -0.05) is 0 Å². The predicted molar refractivity (Wildman–Crippen MR) is 89.8 cm³/mol. The van der Waals surface area contributed by atoms with E-state index >= 15 is 0 Å². The summed E-state index contributed by atoms with van der Waals surface area (Å²) in [5.74, 6) is 1.39. The highest BCUT2D eigenvalue weighted by atomic mass is 32.2. The monoisotopic (exact) mass is 338 g/mol. The van der Waals surface area contributed by atoms with Crippen LogP contribution in [0, 0.1) is 0 Å². The van der Waals surface area contributed by atoms with E-state index in [0.717, 1.165) is 35.8 Å². The Morgan fingerprint density at radius 3 is 2.65 bits per heavy atom. The number of amides is 2. The van der Waals surface area contributed by atoms with Gasteiger partial charge in [-0.05, 0) is 32.1 Å². The smallest absolute Gasteiger partial charge is 0.319 e. The van der Waals surface area contributed by atoms with Gasteiger partial charge in [-0.15, -0.1) is 11.8 Å². The van der Waals surface area contributed by atoms with Crippen LogP contribution < -0.4 is 20.1 Å². The van der Waals surface area contributed by atoms with Crippen LogP contribution in [0.1, 0.15) is 19.8 Å². The third-order valence-corrected chi connectivity index (χ3v) is 4.77. The van der Waals surface area contributed by atoms with Crippen molar-refractivity contribution in [3.05, 3.63) is 12.1 Å². The van der Waals surface area contributed by atoms with Crippen LogP contribution >= 0.6 is 11.8 Å². The number of thioether (sulfide) groups is 1. The molecule has 1 fully saturated rings. The number of rotatable bonds is 4. The van der Waals surface area contributed by atoms with Crippen molar-refractivity contribution in [3.63, 3.8) is 0 Å². The molecule has 23 heavy (non-hydrogen) atoms. The molecule has 0 aromatic heterocycles. The minimum Gasteiger partial charge on any atom is -0.486 e. The molecule has 2 aliphatic rings. The lowest BCUT2D eigenvalue weighted by Crippen LogP contribution is -2.43. The summed E-state index contributed by atoms with van der Waals surface area (Å²) in [5, 5.41) is 5.85. The van der Waals surface area contributed by atoms with Crippen LogP contribution in [0.4, 0.5) is 10.5 Å². The number of ether oxygens (including phenoxy) is 3. The molecule has 0 bridgehead atoms. The maximum atomic E-state index is 12.3. The lowest BCUT2D eigenvalue weighted by atomic mass is 10.1. The second kappa shape index (κ2) is 7.31. The first-order valence-corrected chi connectivity index (χ1v) is 9.06. The van der Waals surface area contributed by atoms with Gasteiger partial charge in [0.2, 0.25) is 0 Å². The summed E-state index contributed by atoms with van der Waals surface area (Å²) in [6.45, 7) is 3.81. The molecular weight excluding hydrogens is 316 g/mol. The maximum absolute atomic E-state index is 12.3. The number of anilines is 1. The zero-order valence-electron chi connectivity index (χ0n) is 13.4. The number of hydrogen-bond acceptors (Lipinski definition) is 5. The van der Waals surface area contributed by atoms with Gasteiger partial charge in [-0.3, -0.25) is 0 Å². The first-order valence-electron chi connectivity index (χ1n) is 7.84. The van der Waals surface area contributed by atoms with Crippen LogP contribution in [0.15, 0.2) is 17.0 Å². The second-order valence-electron chi connectivity index (χ2n) is 5.63. The number of fused-ring (bicyclic) bond motifs is 1. The average Bonchev–Trinajstić information content (AvgIpc) is 3.08. The Kier molecular flexibility index (Phi) is 5.17. The van der Waals surface area contributed by atoms with Crippen LogP contribution in [0.25, 0.3) is 0 Å². The summed E-state index contributed by atoms with van der Waals surface area (Å²) in [4.78, 5) is 13.2. The minimum atomic E-state index is -0.236. The summed E-state index contributed by atoms with van der Waals surface area (Å²) < 4.78 is 16.8. The molecule has 1 aromatic rings. The Hall–Kier alpha value is -1.60. The van der Waals surface area contributed by atoms with E-state index in [2.05, 4.69) is 10.6 Å². The highest BCUT2D eigenvalue weighted by Gasteiger charge is 2.24. The molecule has 0 unspecified atom stereocenters. The first kappa shape index (κ1) is 16.3. The molecule has 3 rings (SSSR count). The van der Waals surface area contributed by atoms with Crippen LogP contribution in [0.3, 0.4) is 0 Å². The molecule has 6 nitrogen and oxygen atoms in total. The number of hydrogen-bond donors (Lipinski definition) is 2. The number of carbonyl (C=O) groups excluding carboxylic acids is 1. The zero-order valence-corrected chi connectivity index (χ0v) is 14.2. The molecular formula is C16H22N2O4S. The molecule has 1 saturated heterocycles. The van der Waals surface area contributed by atoms with Gasteiger partial charge in [0.1, 0.15) is 13.2 Å². The van der Waals surface area contributed by atoms with Crippen LogP contribution in [-0.2, 0) is 4.74 Å². The molecule has 2 heterocycles. The van der Waals surface area contributed by atoms with E-state index in [1.54, 1.807) is 11.8 Å². The first-order chi connectivity index (χ1) is 11.2. The van der Waals surface area contributed by atoms with Crippen molar-refractivity contribution in [2.24, 2.45) is 0 Å². The predicted octanol–water partition coefficient (Wildman–Crippen LogP) is 2.87. The average molecular weight is 338 g/mol. The van der Waals surface area contributed by atoms with E-state index < -0.39 is 0 Å². The van der Waals surface area contributed by atoms with Crippen molar-refractivity contribution in [1.29, 1.82) is 0 Å². The molecule has 0 radical (unpaired) electrons. The largest absolute Gasteiger partial charge is 0.486 e. The Bertz CT molecular complexity index is 575. The molecule has 0 spiro atoms. The molecule has 1 aromatic carbocycles. The number of carbonyl (C=O) groups is 1. The third-order valence-electron chi connectivity index (χ3n) is 3.99. The van der Waals surface area contributed by atoms with Crippen molar-refractivity contribution in [3.8, 4) is 11.5 Å². The quantitative estimate of drug-likeness (QED) is 0.826. The highest BCUT2D eigenvalue weighted by Crippen LogP contribution is 2.39. The van der Waals surface area contributed by atoms with Crippen molar-refractivity contribution in [1.82, 2.24) is 5.32 Å². The number of benzene rings is 1. The Morgan fingerprint density at radius 2 is 2.00 bits per heavy atom. The van der Waals surface area contributed by atoms with Gasteiger partial charge in [0.05, 0.1) is 17.8 Å². The SMILES string of the molecule is CSc1cc2c(cc1NC(=O)N[C@@H](C)[C@@H]1CCCO1)OCCO2. The zero-order chi connectivity index (χ0) is 16.2. The number of urea groups is 1. The van der Waals surface area contributed by atoms with Crippen molar-refractivity contribution in [2.45, 2.75) is 36.8 Å². The van der Waals surface area contributed by atoms with E-state index in [0.29, 0.717) is 19.0 Å². The van der Waals surface area contributed by atoms with Crippen molar-refractivity contribution >= 4 is 23.5 Å². The number of nitrogens with one attached hydrogen (secondary N) is 2. The van der Waals surface area contributed by atoms with Crippen LogP contribution in [0.5, 0.6) is 11.5 Å². The van der Waals surface area contributed by atoms with Gasteiger partial charge in [0.15, 0.2) is 11.5 Å². The minimum absolute atomic E-state index is 0.0209. The van der Waals surface area contributed by atoms with E-state index in [9.17, 15) is 4.79 Å². The standard InChI is InChI=1S/C16H22N2O4S/c1-10(12-4-3-5-20-12)17-16(19)18-11-8-13-14(9-15(11)23-2)22-7-6-21-13/h8-10,12H,3-7H2,1-2H3,(H2,17,18,19)/t10-,12-/m0/s1. The molecule has 126 valence electrons. The van der Waals surface area contributed by atoms with E-state index in [1.165, 1.54) is 0 Å². The summed E-state index contributed by atoms with van der Waals surface area (Å²) in [5.41, 5.74) is 0.721. The fraction of sp³-hybridized carbons (Fsp3) is 0.562. The molecule has 2 amide bonds. The van der Waals surface area contributed by atoms with Gasteiger partial charge in [0.25, 0.3) is 0 Å². The van der Waals surface area contributed by atoms with Gasteiger partial charge in [0, 0.05) is 17.6 Å². The third kappa shape index (κ3) is 3.84. The van der Waals surface area contributed by atoms with Crippen LogP contribution in [-0.4, -0.2) is 44.3 Å². The summed E-state index contributed by atoms with van der Waals surface area (Å²) >= 11 is 1.55. The molecule has 7 heteroatoms. The van der Waals surface area contributed by atoms with E-state index in [-0.39, 0.29) is 18.2 Å². The van der Waals surface area contributed by atoms with E-state index in [4.69, 9.17) is 14.2 Å². The lowest BCUT2D eigenvalue weighted by molar-refractivity contribution is 0.0868. The highest BCUT2D eigenvalue weighted by molar-refractivity contribution is 7.98. The lowest BCUT2D eigenvalue weighted by Gasteiger charge is -2.22. The maximum Gasteiger partial charge on any atom is 0.319 e. The Labute approximate surface area is 140 Å². The summed E-state index contributed by atoms with van der Waals surface area (Å²) in [7, 11) is 0. The van der Waals surface area contributed by atoms with Gasteiger partial charge in [-0.25, -0.2) is 4.79 Å². The van der Waals surface area contributed by atoms with E-state index in [1.807, 2.05) is 25.3 Å². The molecule has 0 aliphatic carbocycles. The normalized spacial score (nSPS) is 20.9. The molecule has 0 saturated carbocycles. The van der Waals surface area contributed by atoms with Crippen molar-refractivity contribution < 1.29 is 19.0 Å². The Balaban J connectivity index is 1.67. The fourth-order valence-corrected chi connectivity index (χ4v) is 3.35. The Morgan fingerprint density at radius 1 is 1.26 bits per heavy atom. The van der Waals surface area contributed by atoms with Gasteiger partial charge >= 0.3 is 6.03 Å². The molecule has 2 aliphatic heterocycles. The van der Waals surface area contributed by atoms with Crippen LogP contribution in [0.2, 0.25) is 0 Å². The summed E-state index contributed by atoms with van der Waals surface area (Å²) in [6.07, 6.45) is 4.10.